The van der Waals surface area contributed by atoms with Crippen LogP contribution >= 0.6 is 0 Å². The van der Waals surface area contributed by atoms with Gasteiger partial charge in [0.15, 0.2) is 0 Å². The van der Waals surface area contributed by atoms with Gasteiger partial charge < -0.3 is 15.1 Å². The summed E-state index contributed by atoms with van der Waals surface area (Å²) in [5.41, 5.74) is 0.352. The average Bonchev–Trinajstić information content (AvgIpc) is 2.29. The van der Waals surface area contributed by atoms with Gasteiger partial charge in [-0.15, -0.1) is 0 Å². The van der Waals surface area contributed by atoms with Crippen LogP contribution in [0.1, 0.15) is 13.8 Å². The Labute approximate surface area is 113 Å². The van der Waals surface area contributed by atoms with Gasteiger partial charge in [-0.3, -0.25) is 4.79 Å². The molecule has 0 rings (SSSR count). The van der Waals surface area contributed by atoms with Gasteiger partial charge in [-0.2, -0.15) is 0 Å². The summed E-state index contributed by atoms with van der Waals surface area (Å²) in [6.45, 7) is 12.5. The highest BCUT2D eigenvalue weighted by Gasteiger charge is 1.92. The van der Waals surface area contributed by atoms with E-state index in [1.54, 1.807) is 14.1 Å². The number of nitrogens with zero attached hydrogens (tertiary/aromatic N) is 1. The number of carbonyl (C=O) groups is 3. The standard InChI is InChI=1S/C5H9NO.2C4H6O2/c1-4-5(7)6(2)3;2*1-3(2)4(5)6/h4H,1H2,2-3H3;2*1H2,2H3,(H,5,6). The van der Waals surface area contributed by atoms with E-state index in [0.29, 0.717) is 0 Å². The van der Waals surface area contributed by atoms with Gasteiger partial charge in [0.05, 0.1) is 0 Å². The van der Waals surface area contributed by atoms with Gasteiger partial charge in [-0.25, -0.2) is 9.59 Å². The number of aliphatic carboxylic acids is 2. The molecule has 0 aliphatic rings. The van der Waals surface area contributed by atoms with Crippen LogP contribution in [-0.2, 0) is 14.4 Å². The van der Waals surface area contributed by atoms with E-state index >= 15 is 0 Å². The summed E-state index contributed by atoms with van der Waals surface area (Å²) in [7, 11) is 3.37. The van der Waals surface area contributed by atoms with Gasteiger partial charge in [0.1, 0.15) is 0 Å². The number of carbonyl (C=O) groups excluding carboxylic acids is 1. The summed E-state index contributed by atoms with van der Waals surface area (Å²) in [4.78, 5) is 31.0. The van der Waals surface area contributed by atoms with Crippen LogP contribution in [0.15, 0.2) is 37.0 Å². The van der Waals surface area contributed by atoms with Crippen molar-refractivity contribution in [2.24, 2.45) is 0 Å². The van der Waals surface area contributed by atoms with Crippen molar-refractivity contribution in [3.05, 3.63) is 37.0 Å². The third kappa shape index (κ3) is 21.5. The van der Waals surface area contributed by atoms with E-state index in [-0.39, 0.29) is 17.1 Å². The van der Waals surface area contributed by atoms with E-state index in [1.807, 2.05) is 0 Å². The highest BCUT2D eigenvalue weighted by molar-refractivity contribution is 5.86. The molecule has 1 amide bonds. The molecule has 6 heteroatoms. The van der Waals surface area contributed by atoms with Crippen molar-refractivity contribution >= 4 is 17.8 Å². The summed E-state index contributed by atoms with van der Waals surface area (Å²) >= 11 is 0. The maximum absolute atomic E-state index is 10.3. The van der Waals surface area contributed by atoms with E-state index in [4.69, 9.17) is 10.2 Å². The second-order valence-electron chi connectivity index (χ2n) is 3.61. The lowest BCUT2D eigenvalue weighted by Crippen LogP contribution is -2.18. The number of amides is 1. The van der Waals surface area contributed by atoms with E-state index < -0.39 is 11.9 Å². The highest BCUT2D eigenvalue weighted by atomic mass is 16.4. The van der Waals surface area contributed by atoms with E-state index in [2.05, 4.69) is 19.7 Å². The van der Waals surface area contributed by atoms with Gasteiger partial charge in [0.2, 0.25) is 5.91 Å². The topological polar surface area (TPSA) is 94.9 Å². The van der Waals surface area contributed by atoms with Crippen molar-refractivity contribution in [2.75, 3.05) is 14.1 Å². The quantitative estimate of drug-likeness (QED) is 0.759. The molecule has 0 heterocycles. The number of carboxylic acids is 2. The lowest BCUT2D eigenvalue weighted by molar-refractivity contribution is -0.133. The Bertz CT molecular complexity index is 321. The summed E-state index contributed by atoms with van der Waals surface area (Å²) in [6.07, 6.45) is 1.28. The molecule has 0 atom stereocenters. The minimum absolute atomic E-state index is 0.0556. The Kier molecular flexibility index (Phi) is 13.9. The molecule has 0 fully saturated rings. The van der Waals surface area contributed by atoms with Crippen molar-refractivity contribution < 1.29 is 24.6 Å². The van der Waals surface area contributed by atoms with Crippen molar-refractivity contribution in [2.45, 2.75) is 13.8 Å². The monoisotopic (exact) mass is 271 g/mol. The number of hydrogen-bond acceptors (Lipinski definition) is 3. The van der Waals surface area contributed by atoms with Crippen molar-refractivity contribution in [3.8, 4) is 0 Å². The molecule has 0 saturated carbocycles. The molecule has 108 valence electrons. The molecule has 6 nitrogen and oxygen atoms in total. The first-order valence-electron chi connectivity index (χ1n) is 5.08. The van der Waals surface area contributed by atoms with Crippen LogP contribution in [0.25, 0.3) is 0 Å². The molecule has 2 N–H and O–H groups in total. The number of likely N-dealkylation sites (N-methyl/N-ethyl adjacent to an activating group) is 1. The molecule has 19 heavy (non-hydrogen) atoms. The first-order chi connectivity index (χ1) is 8.47. The van der Waals surface area contributed by atoms with Crippen LogP contribution in [0.4, 0.5) is 0 Å². The van der Waals surface area contributed by atoms with Gasteiger partial charge >= 0.3 is 11.9 Å². The second kappa shape index (κ2) is 12.1. The fourth-order valence-corrected chi connectivity index (χ4v) is 0.183. The second-order valence-corrected chi connectivity index (χ2v) is 3.61. The highest BCUT2D eigenvalue weighted by Crippen LogP contribution is 1.81. The Morgan fingerprint density at radius 3 is 1.16 bits per heavy atom. The minimum atomic E-state index is -0.935. The molecule has 0 aliphatic carbocycles. The average molecular weight is 271 g/mol. The molecule has 0 unspecified atom stereocenters. The van der Waals surface area contributed by atoms with Crippen LogP contribution in [0.2, 0.25) is 0 Å². The lowest BCUT2D eigenvalue weighted by Gasteiger charge is -2.03. The summed E-state index contributed by atoms with van der Waals surface area (Å²) in [6, 6.07) is 0. The first-order valence-corrected chi connectivity index (χ1v) is 5.08. The first kappa shape index (κ1) is 21.9. The SMILES string of the molecule is C=C(C)C(=O)O.C=C(C)C(=O)O.C=CC(=O)N(C)C. The number of carboxylic acid groups (broad SMARTS) is 2. The zero-order chi connectivity index (χ0) is 16.2. The van der Waals surface area contributed by atoms with Crippen molar-refractivity contribution in [1.82, 2.24) is 4.90 Å². The zero-order valence-corrected chi connectivity index (χ0v) is 11.8. The number of rotatable bonds is 3. The molecule has 0 aromatic rings. The van der Waals surface area contributed by atoms with Crippen LogP contribution in [-0.4, -0.2) is 47.1 Å². The van der Waals surface area contributed by atoms with E-state index in [1.165, 1.54) is 24.8 Å². The largest absolute Gasteiger partial charge is 0.478 e. The van der Waals surface area contributed by atoms with Crippen LogP contribution in [0.3, 0.4) is 0 Å². The molecule has 0 saturated heterocycles. The minimum Gasteiger partial charge on any atom is -0.478 e. The maximum atomic E-state index is 10.3. The predicted octanol–water partition coefficient (Wildman–Crippen LogP) is 1.55. The van der Waals surface area contributed by atoms with Gasteiger partial charge in [0.25, 0.3) is 0 Å². The van der Waals surface area contributed by atoms with E-state index in [0.717, 1.165) is 0 Å². The summed E-state index contributed by atoms with van der Waals surface area (Å²) in [5.74, 6) is -1.93. The van der Waals surface area contributed by atoms with Crippen molar-refractivity contribution in [1.29, 1.82) is 0 Å². The lowest BCUT2D eigenvalue weighted by atomic mass is 10.4. The Balaban J connectivity index is -0.000000203. The third-order valence-electron chi connectivity index (χ3n) is 1.35. The van der Waals surface area contributed by atoms with Crippen molar-refractivity contribution in [3.63, 3.8) is 0 Å². The molecular weight excluding hydrogens is 250 g/mol. The zero-order valence-electron chi connectivity index (χ0n) is 11.8. The maximum Gasteiger partial charge on any atom is 0.330 e. The Morgan fingerprint density at radius 1 is 0.947 bits per heavy atom. The molecule has 0 bridgehead atoms. The van der Waals surface area contributed by atoms with Gasteiger partial charge in [0, 0.05) is 25.2 Å². The summed E-state index contributed by atoms with van der Waals surface area (Å²) < 4.78 is 0. The van der Waals surface area contributed by atoms with Crippen LogP contribution in [0.5, 0.6) is 0 Å². The molecule has 0 aliphatic heterocycles. The van der Waals surface area contributed by atoms with Gasteiger partial charge in [-0.05, 0) is 19.9 Å². The normalized spacial score (nSPS) is 7.58. The summed E-state index contributed by atoms with van der Waals surface area (Å²) in [5, 5.41) is 15.8. The third-order valence-corrected chi connectivity index (χ3v) is 1.35. The molecular formula is C13H21NO5. The fourth-order valence-electron chi connectivity index (χ4n) is 0.183. The number of hydrogen-bond donors (Lipinski definition) is 2. The molecule has 0 aromatic carbocycles. The van der Waals surface area contributed by atoms with Crippen LogP contribution < -0.4 is 0 Å². The molecule has 0 spiro atoms. The van der Waals surface area contributed by atoms with E-state index in [9.17, 15) is 14.4 Å². The van der Waals surface area contributed by atoms with Crippen LogP contribution in [0, 0.1) is 0 Å². The Hall–Kier alpha value is -2.37. The molecule has 0 aromatic heterocycles. The Morgan fingerprint density at radius 2 is 1.16 bits per heavy atom. The predicted molar refractivity (Wildman–Crippen MR) is 73.8 cm³/mol. The smallest absolute Gasteiger partial charge is 0.330 e. The van der Waals surface area contributed by atoms with Gasteiger partial charge in [-0.1, -0.05) is 19.7 Å². The fraction of sp³-hybridized carbons (Fsp3) is 0.308. The molecule has 0 radical (unpaired) electrons.